The Labute approximate surface area is 127 Å². The molecule has 1 amide bonds. The number of carbonyl (C=O) groups excluding carboxylic acids is 1. The van der Waals surface area contributed by atoms with Gasteiger partial charge < -0.3 is 15.0 Å². The second kappa shape index (κ2) is 8.67. The predicted octanol–water partition coefficient (Wildman–Crippen LogP) is 2.69. The molecule has 0 aliphatic carbocycles. The molecule has 1 saturated heterocycles. The molecule has 1 N–H and O–H groups in total. The van der Waals surface area contributed by atoms with Crippen LogP contribution >= 0.6 is 0 Å². The number of nitrogens with zero attached hydrogens (tertiary/aromatic N) is 1. The minimum atomic E-state index is -0.161. The summed E-state index contributed by atoms with van der Waals surface area (Å²) in [6.07, 6.45) is 3.16. The van der Waals surface area contributed by atoms with Gasteiger partial charge in [-0.15, -0.1) is 0 Å². The molecule has 1 unspecified atom stereocenters. The number of benzene rings is 1. The number of carbonyl (C=O) groups is 1. The van der Waals surface area contributed by atoms with E-state index in [4.69, 9.17) is 4.74 Å². The van der Waals surface area contributed by atoms with Gasteiger partial charge in [-0.3, -0.25) is 0 Å². The van der Waals surface area contributed by atoms with Gasteiger partial charge in [0.1, 0.15) is 0 Å². The van der Waals surface area contributed by atoms with Crippen molar-refractivity contribution in [1.29, 1.82) is 0 Å². The summed E-state index contributed by atoms with van der Waals surface area (Å²) in [5.41, 5.74) is 1.38. The van der Waals surface area contributed by atoms with Gasteiger partial charge in [0.15, 0.2) is 0 Å². The van der Waals surface area contributed by atoms with E-state index in [1.807, 2.05) is 6.07 Å². The third-order valence-corrected chi connectivity index (χ3v) is 3.87. The highest BCUT2D eigenvalue weighted by atomic mass is 16.6. The van der Waals surface area contributed by atoms with E-state index in [1.54, 1.807) is 4.90 Å². The lowest BCUT2D eigenvalue weighted by Crippen LogP contribution is -2.46. The number of aryl methyl sites for hydroxylation is 1. The van der Waals surface area contributed by atoms with E-state index in [-0.39, 0.29) is 6.09 Å². The van der Waals surface area contributed by atoms with E-state index < -0.39 is 0 Å². The summed E-state index contributed by atoms with van der Waals surface area (Å²) in [7, 11) is 0. The van der Waals surface area contributed by atoms with E-state index in [1.165, 1.54) is 5.56 Å². The van der Waals surface area contributed by atoms with Crippen molar-refractivity contribution in [3.63, 3.8) is 0 Å². The van der Waals surface area contributed by atoms with Crippen molar-refractivity contribution >= 4 is 6.09 Å². The molecular formula is C17H26N2O2. The molecule has 1 aromatic rings. The van der Waals surface area contributed by atoms with Crippen molar-refractivity contribution in [2.45, 2.75) is 26.2 Å². The van der Waals surface area contributed by atoms with Gasteiger partial charge in [0.2, 0.25) is 0 Å². The molecule has 1 aliphatic rings. The van der Waals surface area contributed by atoms with Crippen LogP contribution in [0.4, 0.5) is 4.79 Å². The van der Waals surface area contributed by atoms with Crippen molar-refractivity contribution in [1.82, 2.24) is 10.2 Å². The number of hydrogen-bond acceptors (Lipinski definition) is 3. The quantitative estimate of drug-likeness (QED) is 0.876. The maximum absolute atomic E-state index is 11.9. The molecular weight excluding hydrogens is 264 g/mol. The first-order chi connectivity index (χ1) is 10.3. The van der Waals surface area contributed by atoms with Gasteiger partial charge in [-0.1, -0.05) is 37.3 Å². The average molecular weight is 290 g/mol. The molecule has 4 heteroatoms. The average Bonchev–Trinajstić information content (AvgIpc) is 2.54. The molecule has 0 bridgehead atoms. The molecule has 4 nitrogen and oxygen atoms in total. The minimum absolute atomic E-state index is 0.161. The van der Waals surface area contributed by atoms with E-state index in [9.17, 15) is 4.79 Å². The van der Waals surface area contributed by atoms with Crippen LogP contribution in [-0.2, 0) is 11.2 Å². The van der Waals surface area contributed by atoms with Crippen molar-refractivity contribution in [3.8, 4) is 0 Å². The molecule has 1 aromatic carbocycles. The largest absolute Gasteiger partial charge is 0.449 e. The monoisotopic (exact) mass is 290 g/mol. The van der Waals surface area contributed by atoms with Gasteiger partial charge >= 0.3 is 6.09 Å². The molecule has 21 heavy (non-hydrogen) atoms. The molecule has 0 aromatic heterocycles. The highest BCUT2D eigenvalue weighted by Gasteiger charge is 2.17. The zero-order valence-corrected chi connectivity index (χ0v) is 12.9. The number of ether oxygens (including phenoxy) is 1. The number of rotatable bonds is 6. The summed E-state index contributed by atoms with van der Waals surface area (Å²) in [5.74, 6) is 0.417. The number of piperazine rings is 1. The summed E-state index contributed by atoms with van der Waals surface area (Å²) < 4.78 is 5.41. The normalized spacial score (nSPS) is 16.5. The van der Waals surface area contributed by atoms with Gasteiger partial charge in [0.25, 0.3) is 0 Å². The maximum atomic E-state index is 11.9. The Balaban J connectivity index is 1.58. The molecule has 0 spiro atoms. The van der Waals surface area contributed by atoms with Gasteiger partial charge in [0, 0.05) is 26.2 Å². The Kier molecular flexibility index (Phi) is 6.54. The van der Waals surface area contributed by atoms with Gasteiger partial charge in [0.05, 0.1) is 6.61 Å². The fraction of sp³-hybridized carbons (Fsp3) is 0.588. The van der Waals surface area contributed by atoms with Crippen LogP contribution in [0.25, 0.3) is 0 Å². The second-order valence-electron chi connectivity index (χ2n) is 5.80. The van der Waals surface area contributed by atoms with Crippen LogP contribution in [0, 0.1) is 5.92 Å². The van der Waals surface area contributed by atoms with Crippen LogP contribution in [0.1, 0.15) is 25.3 Å². The molecule has 1 heterocycles. The predicted molar refractivity (Wildman–Crippen MR) is 84.3 cm³/mol. The van der Waals surface area contributed by atoms with E-state index in [0.29, 0.717) is 12.5 Å². The molecule has 1 atom stereocenters. The summed E-state index contributed by atoms with van der Waals surface area (Å²) >= 11 is 0. The van der Waals surface area contributed by atoms with Crippen LogP contribution < -0.4 is 5.32 Å². The highest BCUT2D eigenvalue weighted by Crippen LogP contribution is 2.11. The van der Waals surface area contributed by atoms with E-state index >= 15 is 0 Å². The minimum Gasteiger partial charge on any atom is -0.449 e. The molecule has 116 valence electrons. The summed E-state index contributed by atoms with van der Waals surface area (Å²) in [5, 5.41) is 3.23. The van der Waals surface area contributed by atoms with Gasteiger partial charge in [-0.25, -0.2) is 4.79 Å². The topological polar surface area (TPSA) is 41.6 Å². The third kappa shape index (κ3) is 5.76. The summed E-state index contributed by atoms with van der Waals surface area (Å²) in [6, 6.07) is 10.5. The van der Waals surface area contributed by atoms with Crippen molar-refractivity contribution in [2.24, 2.45) is 5.92 Å². The zero-order chi connectivity index (χ0) is 14.9. The third-order valence-electron chi connectivity index (χ3n) is 3.87. The lowest BCUT2D eigenvalue weighted by molar-refractivity contribution is 0.0843. The fourth-order valence-electron chi connectivity index (χ4n) is 2.53. The van der Waals surface area contributed by atoms with Crippen molar-refractivity contribution in [3.05, 3.63) is 35.9 Å². The maximum Gasteiger partial charge on any atom is 0.409 e. The zero-order valence-electron chi connectivity index (χ0n) is 12.9. The fourth-order valence-corrected chi connectivity index (χ4v) is 2.53. The number of hydrogen-bond donors (Lipinski definition) is 1. The lowest BCUT2D eigenvalue weighted by Gasteiger charge is -2.27. The second-order valence-corrected chi connectivity index (χ2v) is 5.80. The first-order valence-electron chi connectivity index (χ1n) is 7.92. The van der Waals surface area contributed by atoms with Crippen LogP contribution in [0.15, 0.2) is 30.3 Å². The first-order valence-corrected chi connectivity index (χ1v) is 7.92. The SMILES string of the molecule is CC(CCCc1ccccc1)COC(=O)N1CCNCC1. The standard InChI is InChI=1S/C17H26N2O2/c1-15(6-5-9-16-7-3-2-4-8-16)14-21-17(20)19-12-10-18-11-13-19/h2-4,7-8,15,18H,5-6,9-14H2,1H3. The number of amides is 1. The van der Waals surface area contributed by atoms with E-state index in [2.05, 4.69) is 36.5 Å². The smallest absolute Gasteiger partial charge is 0.409 e. The molecule has 0 saturated carbocycles. The van der Waals surface area contributed by atoms with Crippen LogP contribution in [0.3, 0.4) is 0 Å². The molecule has 1 aliphatic heterocycles. The Hall–Kier alpha value is -1.55. The number of nitrogens with one attached hydrogen (secondary N) is 1. The summed E-state index contributed by atoms with van der Waals surface area (Å²) in [4.78, 5) is 13.7. The van der Waals surface area contributed by atoms with E-state index in [0.717, 1.165) is 45.4 Å². The Morgan fingerprint density at radius 1 is 1.29 bits per heavy atom. The van der Waals surface area contributed by atoms with Crippen LogP contribution in [0.5, 0.6) is 0 Å². The first kappa shape index (κ1) is 15.8. The Bertz CT molecular complexity index is 416. The van der Waals surface area contributed by atoms with Gasteiger partial charge in [-0.2, -0.15) is 0 Å². The Morgan fingerprint density at radius 3 is 2.71 bits per heavy atom. The van der Waals surface area contributed by atoms with Crippen molar-refractivity contribution in [2.75, 3.05) is 32.8 Å². The Morgan fingerprint density at radius 2 is 2.00 bits per heavy atom. The lowest BCUT2D eigenvalue weighted by atomic mass is 10.0. The molecule has 0 radical (unpaired) electrons. The molecule has 2 rings (SSSR count). The van der Waals surface area contributed by atoms with Crippen molar-refractivity contribution < 1.29 is 9.53 Å². The van der Waals surface area contributed by atoms with Gasteiger partial charge in [-0.05, 0) is 30.7 Å². The molecule has 1 fully saturated rings. The highest BCUT2D eigenvalue weighted by molar-refractivity contribution is 5.67. The van der Waals surface area contributed by atoms with Crippen LogP contribution in [0.2, 0.25) is 0 Å². The summed E-state index contributed by atoms with van der Waals surface area (Å²) in [6.45, 7) is 5.90. The van der Waals surface area contributed by atoms with Crippen LogP contribution in [-0.4, -0.2) is 43.8 Å².